The van der Waals surface area contributed by atoms with E-state index in [4.69, 9.17) is 14.6 Å². The standard InChI is InChI=1S/C29H30F2N2O4S.C2HF3O2/c1-38-27-17-26(31)25(30)16-24(27)21-7-9-23(10-8-21)37-19-20-5-4-6-22(15-20)29(36)33(18-28(34)35)14-13-32-11-2-3-12-32;3-2(4,5)1(6)7/h4-10,15-17H,2-3,11-14,18-19H2,1H3,(H,34,35);(H,6,7). The third-order valence-corrected chi connectivity index (χ3v) is 7.51. The summed E-state index contributed by atoms with van der Waals surface area (Å²) in [7, 11) is 0. The highest BCUT2D eigenvalue weighted by atomic mass is 32.2. The molecule has 45 heavy (non-hydrogen) atoms. The van der Waals surface area contributed by atoms with Crippen molar-refractivity contribution in [1.29, 1.82) is 0 Å². The van der Waals surface area contributed by atoms with E-state index in [1.165, 1.54) is 28.8 Å². The number of hydrogen-bond donors (Lipinski definition) is 2. The highest BCUT2D eigenvalue weighted by molar-refractivity contribution is 7.98. The number of nitrogens with zero attached hydrogens (tertiary/aromatic N) is 2. The van der Waals surface area contributed by atoms with Crippen LogP contribution >= 0.6 is 11.8 Å². The van der Waals surface area contributed by atoms with Gasteiger partial charge in [0.25, 0.3) is 5.91 Å². The van der Waals surface area contributed by atoms with E-state index in [2.05, 4.69) is 4.90 Å². The smallest absolute Gasteiger partial charge is 0.489 e. The number of amides is 1. The van der Waals surface area contributed by atoms with Gasteiger partial charge in [-0.3, -0.25) is 9.59 Å². The first-order valence-corrected chi connectivity index (χ1v) is 14.9. The summed E-state index contributed by atoms with van der Waals surface area (Å²) in [5.41, 5.74) is 2.51. The predicted octanol–water partition coefficient (Wildman–Crippen LogP) is 6.19. The second-order valence-electron chi connectivity index (χ2n) is 9.95. The van der Waals surface area contributed by atoms with Crippen LogP contribution in [0.15, 0.2) is 65.6 Å². The molecule has 1 aliphatic rings. The van der Waals surface area contributed by atoms with Gasteiger partial charge in [-0.05, 0) is 85.3 Å². The van der Waals surface area contributed by atoms with Crippen LogP contribution in [0.2, 0.25) is 0 Å². The monoisotopic (exact) mass is 654 g/mol. The maximum absolute atomic E-state index is 13.8. The minimum atomic E-state index is -5.08. The molecule has 3 aromatic rings. The van der Waals surface area contributed by atoms with E-state index in [0.717, 1.165) is 37.1 Å². The predicted molar refractivity (Wildman–Crippen MR) is 157 cm³/mol. The van der Waals surface area contributed by atoms with Crippen LogP contribution < -0.4 is 4.74 Å². The number of alkyl halides is 3. The van der Waals surface area contributed by atoms with Crippen LogP contribution in [0.3, 0.4) is 0 Å². The first kappa shape index (κ1) is 35.3. The molecule has 1 heterocycles. The molecule has 0 atom stereocenters. The quantitative estimate of drug-likeness (QED) is 0.186. The van der Waals surface area contributed by atoms with Crippen molar-refractivity contribution in [2.45, 2.75) is 30.5 Å². The minimum absolute atomic E-state index is 0.203. The number of benzene rings is 3. The van der Waals surface area contributed by atoms with E-state index >= 15 is 0 Å². The summed E-state index contributed by atoms with van der Waals surface area (Å²) >= 11 is 1.34. The third kappa shape index (κ3) is 10.7. The number of carboxylic acid groups (broad SMARTS) is 2. The molecule has 8 nitrogen and oxygen atoms in total. The van der Waals surface area contributed by atoms with Gasteiger partial charge >= 0.3 is 18.1 Å². The van der Waals surface area contributed by atoms with Gasteiger partial charge in [-0.1, -0.05) is 24.3 Å². The fourth-order valence-electron chi connectivity index (χ4n) is 4.48. The molecular formula is C31H31F5N2O6S. The lowest BCUT2D eigenvalue weighted by atomic mass is 10.1. The zero-order chi connectivity index (χ0) is 33.1. The Morgan fingerprint density at radius 3 is 2.16 bits per heavy atom. The highest BCUT2D eigenvalue weighted by Gasteiger charge is 2.38. The second kappa shape index (κ2) is 16.2. The lowest BCUT2D eigenvalue weighted by Gasteiger charge is -2.24. The molecule has 0 radical (unpaired) electrons. The van der Waals surface area contributed by atoms with Crippen LogP contribution in [0, 0.1) is 11.6 Å². The van der Waals surface area contributed by atoms with Gasteiger partial charge in [0.2, 0.25) is 0 Å². The van der Waals surface area contributed by atoms with E-state index in [-0.39, 0.29) is 19.1 Å². The summed E-state index contributed by atoms with van der Waals surface area (Å²) in [4.78, 5) is 37.7. The number of aliphatic carboxylic acids is 2. The molecule has 3 aromatic carbocycles. The van der Waals surface area contributed by atoms with Crippen molar-refractivity contribution in [2.24, 2.45) is 0 Å². The van der Waals surface area contributed by atoms with Crippen LogP contribution in [0.5, 0.6) is 5.75 Å². The second-order valence-corrected chi connectivity index (χ2v) is 10.8. The summed E-state index contributed by atoms with van der Waals surface area (Å²) in [6.07, 6.45) is -1.02. The molecule has 0 bridgehead atoms. The lowest BCUT2D eigenvalue weighted by Crippen LogP contribution is -2.40. The summed E-state index contributed by atoms with van der Waals surface area (Å²) in [6.45, 7) is 2.81. The molecular weight excluding hydrogens is 623 g/mol. The van der Waals surface area contributed by atoms with Crippen molar-refractivity contribution in [3.05, 3.63) is 83.4 Å². The molecule has 1 aliphatic heterocycles. The summed E-state index contributed by atoms with van der Waals surface area (Å²) in [6, 6.07) is 16.4. The minimum Gasteiger partial charge on any atom is -0.489 e. The largest absolute Gasteiger partial charge is 0.490 e. The van der Waals surface area contributed by atoms with Crippen LogP contribution in [-0.4, -0.2) is 83.0 Å². The Labute approximate surface area is 260 Å². The fourth-order valence-corrected chi connectivity index (χ4v) is 5.10. The van der Waals surface area contributed by atoms with Crippen molar-refractivity contribution in [3.8, 4) is 16.9 Å². The van der Waals surface area contributed by atoms with Crippen molar-refractivity contribution < 1.29 is 51.3 Å². The Morgan fingerprint density at radius 1 is 0.956 bits per heavy atom. The number of likely N-dealkylation sites (tertiary alicyclic amines) is 1. The van der Waals surface area contributed by atoms with Crippen LogP contribution in [0.1, 0.15) is 28.8 Å². The molecule has 0 spiro atoms. The Bertz CT molecular complexity index is 1480. The Kier molecular flexibility index (Phi) is 12.7. The van der Waals surface area contributed by atoms with E-state index in [1.54, 1.807) is 48.7 Å². The number of thioether (sulfide) groups is 1. The lowest BCUT2D eigenvalue weighted by molar-refractivity contribution is -0.192. The third-order valence-electron chi connectivity index (χ3n) is 6.73. The van der Waals surface area contributed by atoms with Gasteiger partial charge in [0.15, 0.2) is 11.6 Å². The van der Waals surface area contributed by atoms with Crippen LogP contribution in [0.25, 0.3) is 11.1 Å². The average molecular weight is 655 g/mol. The SMILES string of the molecule is CSc1cc(F)c(F)cc1-c1ccc(OCc2cccc(C(=O)N(CCN3CCCC3)CC(=O)O)c2)cc1.O=C(O)C(F)(F)F. The van der Waals surface area contributed by atoms with Gasteiger partial charge in [0.05, 0.1) is 0 Å². The van der Waals surface area contributed by atoms with Crippen molar-refractivity contribution >= 4 is 29.6 Å². The van der Waals surface area contributed by atoms with Gasteiger partial charge in [-0.2, -0.15) is 13.2 Å². The van der Waals surface area contributed by atoms with Gasteiger partial charge in [-0.25, -0.2) is 13.6 Å². The van der Waals surface area contributed by atoms with E-state index in [0.29, 0.717) is 34.9 Å². The van der Waals surface area contributed by atoms with Crippen LogP contribution in [0.4, 0.5) is 22.0 Å². The van der Waals surface area contributed by atoms with Crippen LogP contribution in [-0.2, 0) is 16.2 Å². The molecule has 242 valence electrons. The molecule has 2 N–H and O–H groups in total. The van der Waals surface area contributed by atoms with E-state index in [9.17, 15) is 36.6 Å². The number of rotatable bonds is 11. The number of carbonyl (C=O) groups excluding carboxylic acids is 1. The van der Waals surface area contributed by atoms with Crippen molar-refractivity contribution in [1.82, 2.24) is 9.80 Å². The number of hydrogen-bond acceptors (Lipinski definition) is 6. The van der Waals surface area contributed by atoms with Crippen molar-refractivity contribution in [3.63, 3.8) is 0 Å². The Morgan fingerprint density at radius 2 is 1.58 bits per heavy atom. The summed E-state index contributed by atoms with van der Waals surface area (Å²) in [5, 5.41) is 16.4. The molecule has 0 aromatic heterocycles. The molecule has 1 amide bonds. The van der Waals surface area contributed by atoms with Gasteiger partial charge < -0.3 is 24.7 Å². The number of halogens is 5. The molecule has 0 aliphatic carbocycles. The van der Waals surface area contributed by atoms with Gasteiger partial charge in [0, 0.05) is 23.5 Å². The van der Waals surface area contributed by atoms with Gasteiger partial charge in [-0.15, -0.1) is 11.8 Å². The first-order valence-electron chi connectivity index (χ1n) is 13.7. The van der Waals surface area contributed by atoms with E-state index < -0.39 is 29.7 Å². The number of carbonyl (C=O) groups is 3. The molecule has 0 saturated carbocycles. The average Bonchev–Trinajstić information content (AvgIpc) is 3.53. The normalized spacial score (nSPS) is 13.1. The topological polar surface area (TPSA) is 107 Å². The molecule has 0 unspecified atom stereocenters. The maximum Gasteiger partial charge on any atom is 0.490 e. The molecule has 1 saturated heterocycles. The molecule has 4 rings (SSSR count). The Hall–Kier alpha value is -4.17. The van der Waals surface area contributed by atoms with Crippen molar-refractivity contribution in [2.75, 3.05) is 39.0 Å². The summed E-state index contributed by atoms with van der Waals surface area (Å²) in [5.74, 6) is -5.32. The zero-order valence-electron chi connectivity index (χ0n) is 24.2. The number of ether oxygens (including phenoxy) is 1. The molecule has 1 fully saturated rings. The van der Waals surface area contributed by atoms with Gasteiger partial charge in [0.1, 0.15) is 18.9 Å². The maximum atomic E-state index is 13.8. The zero-order valence-corrected chi connectivity index (χ0v) is 25.0. The summed E-state index contributed by atoms with van der Waals surface area (Å²) < 4.78 is 65.1. The first-order chi connectivity index (χ1) is 21.3. The fraction of sp³-hybridized carbons (Fsp3) is 0.323. The Balaban J connectivity index is 0.000000707. The number of carboxylic acids is 2. The molecule has 14 heteroatoms. The highest BCUT2D eigenvalue weighted by Crippen LogP contribution is 2.33. The van der Waals surface area contributed by atoms with E-state index in [1.807, 2.05) is 6.07 Å².